The van der Waals surface area contributed by atoms with Crippen molar-refractivity contribution in [2.75, 3.05) is 36.0 Å². The molecule has 0 amide bonds. The van der Waals surface area contributed by atoms with Gasteiger partial charge in [-0.2, -0.15) is 0 Å². The number of fused-ring (bicyclic) bond motifs is 2. The first-order valence-electron chi connectivity index (χ1n) is 12.1. The first kappa shape index (κ1) is 28.2. The van der Waals surface area contributed by atoms with Gasteiger partial charge in [0, 0.05) is 43.1 Å². The number of rotatable bonds is 12. The van der Waals surface area contributed by atoms with Crippen molar-refractivity contribution in [3.05, 3.63) is 117 Å². The molecule has 0 bridgehead atoms. The van der Waals surface area contributed by atoms with Crippen molar-refractivity contribution in [1.82, 2.24) is 0 Å². The largest absolute Gasteiger partial charge is 1.00 e. The summed E-state index contributed by atoms with van der Waals surface area (Å²) in [6, 6.07) is 19.1. The molecule has 0 saturated heterocycles. The molecule has 0 spiro atoms. The van der Waals surface area contributed by atoms with Crippen LogP contribution in [0.25, 0.3) is 33.1 Å². The van der Waals surface area contributed by atoms with Gasteiger partial charge in [-0.1, -0.05) is 42.5 Å². The molecule has 0 atom stereocenters. The van der Waals surface area contributed by atoms with E-state index in [1.165, 1.54) is 0 Å². The monoisotopic (exact) mass is 526 g/mol. The maximum atomic E-state index is 12.2. The molecular formula is C32H31ClN2O3. The summed E-state index contributed by atoms with van der Waals surface area (Å²) in [5.41, 5.74) is 4.95. The van der Waals surface area contributed by atoms with Crippen LogP contribution in [0.2, 0.25) is 0 Å². The van der Waals surface area contributed by atoms with E-state index in [0.29, 0.717) is 42.9 Å². The highest BCUT2D eigenvalue weighted by molar-refractivity contribution is 6.12. The zero-order valence-electron chi connectivity index (χ0n) is 21.3. The highest BCUT2D eigenvalue weighted by Crippen LogP contribution is 2.40. The lowest BCUT2D eigenvalue weighted by atomic mass is 9.93. The van der Waals surface area contributed by atoms with Gasteiger partial charge in [-0.3, -0.25) is 0 Å². The maximum absolute atomic E-state index is 12.2. The summed E-state index contributed by atoms with van der Waals surface area (Å²) in [5, 5.41) is 11.6. The number of aromatic carboxylic acids is 1. The SMILES string of the molecule is C=CCN(CC=C)c1ccc2c(-c3ccccc3C(=O)O)c3ccc(N(CC=C)CC=C)cc3[o+]c2c1.[Cl-]. The van der Waals surface area contributed by atoms with E-state index in [2.05, 4.69) is 36.1 Å². The van der Waals surface area contributed by atoms with Gasteiger partial charge < -0.3 is 27.3 Å². The van der Waals surface area contributed by atoms with Crippen LogP contribution in [0.3, 0.4) is 0 Å². The second kappa shape index (κ2) is 12.7. The van der Waals surface area contributed by atoms with Crippen LogP contribution in [0, 0.1) is 0 Å². The zero-order valence-corrected chi connectivity index (χ0v) is 22.0. The molecule has 4 rings (SSSR count). The number of anilines is 2. The molecule has 3 aromatic carbocycles. The zero-order chi connectivity index (χ0) is 26.4. The molecule has 0 fully saturated rings. The summed E-state index contributed by atoms with van der Waals surface area (Å²) in [4.78, 5) is 16.4. The van der Waals surface area contributed by atoms with Crippen LogP contribution in [0.1, 0.15) is 10.4 Å². The van der Waals surface area contributed by atoms with Gasteiger partial charge in [-0.05, 0) is 35.9 Å². The molecule has 0 aliphatic carbocycles. The summed E-state index contributed by atoms with van der Waals surface area (Å²) in [6.07, 6.45) is 7.39. The van der Waals surface area contributed by atoms with Gasteiger partial charge in [-0.25, -0.2) is 9.21 Å². The normalized spacial score (nSPS) is 10.4. The van der Waals surface area contributed by atoms with Gasteiger partial charge in [0.05, 0.1) is 28.5 Å². The number of hydrogen-bond acceptors (Lipinski definition) is 3. The van der Waals surface area contributed by atoms with E-state index in [4.69, 9.17) is 4.42 Å². The van der Waals surface area contributed by atoms with E-state index < -0.39 is 5.97 Å². The Bertz CT molecular complexity index is 1410. The molecule has 6 heteroatoms. The van der Waals surface area contributed by atoms with Crippen LogP contribution in [0.4, 0.5) is 11.4 Å². The third-order valence-corrected chi connectivity index (χ3v) is 6.24. The summed E-state index contributed by atoms with van der Waals surface area (Å²) in [6.45, 7) is 18.1. The lowest BCUT2D eigenvalue weighted by molar-refractivity contribution is -0.0000232. The second-order valence-electron chi connectivity index (χ2n) is 8.65. The fourth-order valence-corrected chi connectivity index (χ4v) is 4.63. The van der Waals surface area contributed by atoms with Crippen molar-refractivity contribution >= 4 is 39.3 Å². The minimum Gasteiger partial charge on any atom is -1.00 e. The summed E-state index contributed by atoms with van der Waals surface area (Å²) in [7, 11) is 0. The van der Waals surface area contributed by atoms with E-state index in [0.717, 1.165) is 27.7 Å². The number of carboxylic acids is 1. The van der Waals surface area contributed by atoms with Crippen LogP contribution >= 0.6 is 0 Å². The number of carboxylic acid groups (broad SMARTS) is 1. The summed E-state index contributed by atoms with van der Waals surface area (Å²) in [5.74, 6) is -0.975. The van der Waals surface area contributed by atoms with E-state index in [9.17, 15) is 9.90 Å². The number of carbonyl (C=O) groups is 1. The molecule has 0 unspecified atom stereocenters. The van der Waals surface area contributed by atoms with Crippen molar-refractivity contribution in [3.8, 4) is 11.1 Å². The molecule has 0 aliphatic heterocycles. The lowest BCUT2D eigenvalue weighted by Crippen LogP contribution is -3.00. The smallest absolute Gasteiger partial charge is 0.363 e. The Hall–Kier alpha value is -4.35. The Balaban J connectivity index is 0.00000400. The maximum Gasteiger partial charge on any atom is 0.363 e. The first-order chi connectivity index (χ1) is 18.0. The highest BCUT2D eigenvalue weighted by atomic mass is 35.5. The van der Waals surface area contributed by atoms with Gasteiger partial charge in [0.15, 0.2) is 0 Å². The summed E-state index contributed by atoms with van der Waals surface area (Å²) >= 11 is 0. The lowest BCUT2D eigenvalue weighted by Gasteiger charge is -2.22. The van der Waals surface area contributed by atoms with Crippen LogP contribution in [0.15, 0.2) is 116 Å². The predicted octanol–water partition coefficient (Wildman–Crippen LogP) is 4.59. The number of hydrogen-bond donors (Lipinski definition) is 1. The molecule has 4 aromatic rings. The Labute approximate surface area is 229 Å². The summed E-state index contributed by atoms with van der Waals surface area (Å²) < 4.78 is 6.50. The molecule has 0 saturated carbocycles. The molecule has 1 N–H and O–H groups in total. The van der Waals surface area contributed by atoms with Crippen LogP contribution < -0.4 is 22.2 Å². The molecule has 0 radical (unpaired) electrons. The van der Waals surface area contributed by atoms with Crippen molar-refractivity contribution in [2.45, 2.75) is 0 Å². The van der Waals surface area contributed by atoms with E-state index in [-0.39, 0.29) is 18.0 Å². The standard InChI is InChI=1S/C32H30N2O3.ClH/c1-5-17-33(18-6-2)23-13-15-27-29(21-23)37-30-22-24(34(19-7-3)20-8-4)14-16-28(30)31(27)25-11-9-10-12-26(25)32(35)36;/h5-16,21-22H,1-4,17-20H2;1H. The average Bonchev–Trinajstić information content (AvgIpc) is 2.91. The number of nitrogens with zero attached hydrogens (tertiary/aromatic N) is 2. The van der Waals surface area contributed by atoms with Gasteiger partial charge in [-0.15, -0.1) is 26.3 Å². The van der Waals surface area contributed by atoms with Gasteiger partial charge in [0.25, 0.3) is 0 Å². The third-order valence-electron chi connectivity index (χ3n) is 6.24. The minimum absolute atomic E-state index is 0. The highest BCUT2D eigenvalue weighted by Gasteiger charge is 2.25. The quantitative estimate of drug-likeness (QED) is 0.166. The average molecular weight is 527 g/mol. The molecule has 1 aromatic heterocycles. The molecule has 1 heterocycles. The topological polar surface area (TPSA) is 55.1 Å². The van der Waals surface area contributed by atoms with Gasteiger partial charge in [0.2, 0.25) is 0 Å². The number of benzene rings is 3. The molecule has 5 nitrogen and oxygen atoms in total. The van der Waals surface area contributed by atoms with Crippen molar-refractivity contribution in [3.63, 3.8) is 0 Å². The van der Waals surface area contributed by atoms with Gasteiger partial charge >= 0.3 is 17.1 Å². The Kier molecular flexibility index (Phi) is 9.47. The third kappa shape index (κ3) is 5.63. The predicted molar refractivity (Wildman–Crippen MR) is 156 cm³/mol. The van der Waals surface area contributed by atoms with Crippen molar-refractivity contribution in [2.24, 2.45) is 0 Å². The number of halogens is 1. The Morgan fingerprint density at radius 1 is 0.737 bits per heavy atom. The molecule has 0 aliphatic rings. The van der Waals surface area contributed by atoms with Crippen molar-refractivity contribution in [1.29, 1.82) is 0 Å². The molecule has 38 heavy (non-hydrogen) atoms. The van der Waals surface area contributed by atoms with E-state index in [1.54, 1.807) is 12.1 Å². The van der Waals surface area contributed by atoms with Crippen LogP contribution in [-0.4, -0.2) is 37.3 Å². The van der Waals surface area contributed by atoms with E-state index in [1.807, 2.05) is 72.8 Å². The van der Waals surface area contributed by atoms with Crippen LogP contribution in [-0.2, 0) is 0 Å². The second-order valence-corrected chi connectivity index (χ2v) is 8.65. The van der Waals surface area contributed by atoms with Crippen LogP contribution in [0.5, 0.6) is 0 Å². The van der Waals surface area contributed by atoms with Gasteiger partial charge in [0.1, 0.15) is 0 Å². The van der Waals surface area contributed by atoms with Crippen molar-refractivity contribution < 1.29 is 26.7 Å². The van der Waals surface area contributed by atoms with E-state index >= 15 is 0 Å². The fraction of sp³-hybridized carbons (Fsp3) is 0.125. The first-order valence-corrected chi connectivity index (χ1v) is 12.1. The molecular weight excluding hydrogens is 496 g/mol. The minimum atomic E-state index is -0.975. The molecule has 194 valence electrons. The fourth-order valence-electron chi connectivity index (χ4n) is 4.63. The Morgan fingerprint density at radius 2 is 1.18 bits per heavy atom. The Morgan fingerprint density at radius 3 is 1.61 bits per heavy atom.